The maximum absolute atomic E-state index is 11.9. The van der Waals surface area contributed by atoms with Crippen molar-refractivity contribution in [3.63, 3.8) is 0 Å². The van der Waals surface area contributed by atoms with E-state index in [2.05, 4.69) is 21.2 Å². The molecule has 6 heteroatoms. The Morgan fingerprint density at radius 1 is 1.24 bits per heavy atom. The molecular formula is C15H18BrNO4. The second-order valence-corrected chi connectivity index (χ2v) is 6.05. The van der Waals surface area contributed by atoms with Gasteiger partial charge < -0.3 is 15.2 Å². The summed E-state index contributed by atoms with van der Waals surface area (Å²) in [5.41, 5.74) is -0.818. The Bertz CT molecular complexity index is 526. The summed E-state index contributed by atoms with van der Waals surface area (Å²) in [5, 5.41) is 12.8. The van der Waals surface area contributed by atoms with Gasteiger partial charge in [-0.2, -0.15) is 0 Å². The number of esters is 1. The van der Waals surface area contributed by atoms with Crippen LogP contribution in [0.25, 0.3) is 0 Å². The lowest BCUT2D eigenvalue weighted by molar-refractivity contribution is -0.170. The highest BCUT2D eigenvalue weighted by atomic mass is 79.9. The third kappa shape index (κ3) is 4.28. The summed E-state index contributed by atoms with van der Waals surface area (Å²) in [6, 6.07) is 7.15. The maximum atomic E-state index is 11.9. The zero-order valence-corrected chi connectivity index (χ0v) is 13.2. The van der Waals surface area contributed by atoms with Crippen molar-refractivity contribution in [1.82, 2.24) is 0 Å². The van der Waals surface area contributed by atoms with Gasteiger partial charge in [-0.15, -0.1) is 0 Å². The standard InChI is InChI=1S/C15H18BrNO4/c16-11-6-2-3-7-12(11)17-13(18)10-21-14(19)15(20)8-4-1-5-9-15/h2-3,6-7,20H,1,4-5,8-10H2,(H,17,18). The maximum Gasteiger partial charge on any atom is 0.338 e. The molecule has 0 aromatic heterocycles. The van der Waals surface area contributed by atoms with E-state index in [-0.39, 0.29) is 0 Å². The highest BCUT2D eigenvalue weighted by molar-refractivity contribution is 9.10. The Morgan fingerprint density at radius 2 is 1.90 bits per heavy atom. The first-order valence-corrected chi connectivity index (χ1v) is 7.74. The smallest absolute Gasteiger partial charge is 0.338 e. The first-order chi connectivity index (χ1) is 10.0. The minimum atomic E-state index is -1.42. The lowest BCUT2D eigenvalue weighted by atomic mass is 9.85. The SMILES string of the molecule is O=C(COC(=O)C1(O)CCCCC1)Nc1ccccc1Br. The summed E-state index contributed by atoms with van der Waals surface area (Å²) in [6.45, 7) is -0.400. The van der Waals surface area contributed by atoms with E-state index in [9.17, 15) is 14.7 Å². The predicted octanol–water partition coefficient (Wildman–Crippen LogP) is 2.63. The van der Waals surface area contributed by atoms with Crippen LogP contribution in [0.2, 0.25) is 0 Å². The Morgan fingerprint density at radius 3 is 2.57 bits per heavy atom. The molecule has 1 aromatic carbocycles. The molecule has 0 aliphatic heterocycles. The third-order valence-electron chi connectivity index (χ3n) is 3.54. The van der Waals surface area contributed by atoms with Crippen LogP contribution in [0.3, 0.4) is 0 Å². The molecular weight excluding hydrogens is 338 g/mol. The van der Waals surface area contributed by atoms with Crippen molar-refractivity contribution in [2.45, 2.75) is 37.7 Å². The molecule has 0 atom stereocenters. The summed E-state index contributed by atoms with van der Waals surface area (Å²) in [7, 11) is 0. The summed E-state index contributed by atoms with van der Waals surface area (Å²) < 4.78 is 5.69. The number of para-hydroxylation sites is 1. The number of aliphatic hydroxyl groups is 1. The van der Waals surface area contributed by atoms with Gasteiger partial charge >= 0.3 is 5.97 Å². The zero-order valence-electron chi connectivity index (χ0n) is 11.6. The van der Waals surface area contributed by atoms with Crippen LogP contribution in [0, 0.1) is 0 Å². The van der Waals surface area contributed by atoms with Gasteiger partial charge in [-0.1, -0.05) is 18.6 Å². The third-order valence-corrected chi connectivity index (χ3v) is 4.23. The van der Waals surface area contributed by atoms with Crippen LogP contribution in [0.1, 0.15) is 32.1 Å². The van der Waals surface area contributed by atoms with Gasteiger partial charge in [0, 0.05) is 4.47 Å². The number of ether oxygens (including phenoxy) is 1. The molecule has 0 saturated heterocycles. The summed E-state index contributed by atoms with van der Waals surface area (Å²) in [6.07, 6.45) is 3.41. The van der Waals surface area contributed by atoms with Gasteiger partial charge in [0.25, 0.3) is 5.91 Å². The van der Waals surface area contributed by atoms with E-state index >= 15 is 0 Å². The molecule has 1 aromatic rings. The van der Waals surface area contributed by atoms with Crippen LogP contribution in [0.15, 0.2) is 28.7 Å². The minimum absolute atomic E-state index is 0.400. The Labute approximate surface area is 131 Å². The molecule has 0 radical (unpaired) electrons. The molecule has 0 heterocycles. The van der Waals surface area contributed by atoms with E-state index in [4.69, 9.17) is 4.74 Å². The number of halogens is 1. The van der Waals surface area contributed by atoms with Gasteiger partial charge in [0.2, 0.25) is 0 Å². The van der Waals surface area contributed by atoms with Gasteiger partial charge in [-0.25, -0.2) is 4.79 Å². The van der Waals surface area contributed by atoms with E-state index in [1.165, 1.54) is 0 Å². The van der Waals surface area contributed by atoms with E-state index in [0.29, 0.717) is 18.5 Å². The molecule has 0 unspecified atom stereocenters. The van der Waals surface area contributed by atoms with Crippen molar-refractivity contribution >= 4 is 33.5 Å². The number of carbonyl (C=O) groups excluding carboxylic acids is 2. The fraction of sp³-hybridized carbons (Fsp3) is 0.467. The predicted molar refractivity (Wildman–Crippen MR) is 81.8 cm³/mol. The molecule has 1 aliphatic rings. The van der Waals surface area contributed by atoms with Crippen LogP contribution in [-0.4, -0.2) is 29.2 Å². The summed E-state index contributed by atoms with van der Waals surface area (Å²) >= 11 is 3.31. The molecule has 0 bridgehead atoms. The monoisotopic (exact) mass is 355 g/mol. The molecule has 1 fully saturated rings. The van der Waals surface area contributed by atoms with Gasteiger partial charge in [-0.05, 0) is 53.7 Å². The molecule has 1 aliphatic carbocycles. The molecule has 2 rings (SSSR count). The molecule has 5 nitrogen and oxygen atoms in total. The number of hydrogen-bond donors (Lipinski definition) is 2. The molecule has 1 saturated carbocycles. The number of benzene rings is 1. The van der Waals surface area contributed by atoms with E-state index < -0.39 is 24.1 Å². The van der Waals surface area contributed by atoms with Crippen molar-refractivity contribution in [1.29, 1.82) is 0 Å². The van der Waals surface area contributed by atoms with Crippen molar-refractivity contribution in [3.05, 3.63) is 28.7 Å². The average Bonchev–Trinajstić information content (AvgIpc) is 2.48. The van der Waals surface area contributed by atoms with Crippen molar-refractivity contribution in [2.75, 3.05) is 11.9 Å². The fourth-order valence-electron chi connectivity index (χ4n) is 2.36. The van der Waals surface area contributed by atoms with Crippen molar-refractivity contribution < 1.29 is 19.4 Å². The summed E-state index contributed by atoms with van der Waals surface area (Å²) in [4.78, 5) is 23.6. The number of anilines is 1. The van der Waals surface area contributed by atoms with Gasteiger partial charge in [0.1, 0.15) is 0 Å². The van der Waals surface area contributed by atoms with Crippen LogP contribution in [0.4, 0.5) is 5.69 Å². The normalized spacial score (nSPS) is 17.0. The van der Waals surface area contributed by atoms with Crippen LogP contribution in [-0.2, 0) is 14.3 Å². The minimum Gasteiger partial charge on any atom is -0.453 e. The highest BCUT2D eigenvalue weighted by Crippen LogP contribution is 2.29. The summed E-state index contributed by atoms with van der Waals surface area (Å²) in [5.74, 6) is -1.14. The number of amides is 1. The second-order valence-electron chi connectivity index (χ2n) is 5.20. The lowest BCUT2D eigenvalue weighted by Gasteiger charge is -2.29. The molecule has 2 N–H and O–H groups in total. The first-order valence-electron chi connectivity index (χ1n) is 6.95. The van der Waals surface area contributed by atoms with E-state index in [1.807, 2.05) is 6.07 Å². The Hall–Kier alpha value is -1.40. The number of carbonyl (C=O) groups is 2. The van der Waals surface area contributed by atoms with Gasteiger partial charge in [0.15, 0.2) is 12.2 Å². The van der Waals surface area contributed by atoms with Crippen molar-refractivity contribution in [3.8, 4) is 0 Å². The topological polar surface area (TPSA) is 75.6 Å². The highest BCUT2D eigenvalue weighted by Gasteiger charge is 2.38. The zero-order chi connectivity index (χ0) is 15.3. The average molecular weight is 356 g/mol. The first kappa shape index (κ1) is 16.0. The molecule has 0 spiro atoms. The number of hydrogen-bond acceptors (Lipinski definition) is 4. The Balaban J connectivity index is 1.84. The van der Waals surface area contributed by atoms with Crippen LogP contribution < -0.4 is 5.32 Å². The Kier molecular flexibility index (Phi) is 5.36. The second kappa shape index (κ2) is 7.04. The van der Waals surface area contributed by atoms with Crippen molar-refractivity contribution in [2.24, 2.45) is 0 Å². The fourth-order valence-corrected chi connectivity index (χ4v) is 2.74. The molecule has 1 amide bonds. The van der Waals surface area contributed by atoms with Gasteiger partial charge in [-0.3, -0.25) is 4.79 Å². The van der Waals surface area contributed by atoms with E-state index in [0.717, 1.165) is 23.7 Å². The van der Waals surface area contributed by atoms with E-state index in [1.54, 1.807) is 18.2 Å². The van der Waals surface area contributed by atoms with Gasteiger partial charge in [0.05, 0.1) is 5.69 Å². The van der Waals surface area contributed by atoms with Crippen LogP contribution >= 0.6 is 15.9 Å². The van der Waals surface area contributed by atoms with Crippen LogP contribution in [0.5, 0.6) is 0 Å². The largest absolute Gasteiger partial charge is 0.453 e. The molecule has 21 heavy (non-hydrogen) atoms. The quantitative estimate of drug-likeness (QED) is 0.814. The number of rotatable bonds is 4. The molecule has 114 valence electrons. The lowest BCUT2D eigenvalue weighted by Crippen LogP contribution is -2.42. The number of nitrogens with one attached hydrogen (secondary N) is 1.